The SMILES string of the molecule is C[C@H]1CCC[N+](Cc2ccc(NS(=O)(=O)c3ccc(C(=O)NCCN4C(=O)C=CC4=O)cc3[N+](=O)[O-])cc2)(Cc2cc3c(c(C(F)(F)F)c2)CN(c2cc(C4(Cc5nncn5C)COC4)cc(NCCC#N)n2)C3=O)C1. The lowest BCUT2D eigenvalue weighted by molar-refractivity contribution is -0.960. The van der Waals surface area contributed by atoms with Gasteiger partial charge >= 0.3 is 6.18 Å². The molecule has 25 heteroatoms. The molecule has 21 nitrogen and oxygen atoms in total. The molecule has 3 N–H and O–H groups in total. The number of alkyl halides is 3. The lowest BCUT2D eigenvalue weighted by atomic mass is 9.75. The standard InChI is InChI=1S/C51H51F3N12O9S/c1-32-5-3-18-66(26-32,27-33-6-9-37(10-7-33)61-76(73,74)42-11-8-35(21-41(42)65(71)72)48(69)57-16-17-63-46(67)12-13-47(63)68)28-34-19-38-39(40(20-34)51(52,53)54)25-64(49(38)70)44-23-36(22-43(59-44)56-15-4-14-55)50(29-75-30-50)24-45-60-58-31-62(45)2/h6-13,19-23,31-32,61H,3-5,15-18,24-30H2,1-2H3,(H-,56,57,59,69)/p+1/t32-,66?/m0/s1. The summed E-state index contributed by atoms with van der Waals surface area (Å²) in [6.07, 6.45) is 1.17. The summed E-state index contributed by atoms with van der Waals surface area (Å²) in [4.78, 5) is 68.3. The quantitative estimate of drug-likeness (QED) is 0.0302. The molecule has 3 aromatic carbocycles. The number of sulfonamides is 1. The van der Waals surface area contributed by atoms with Gasteiger partial charge in [-0.25, -0.2) is 13.4 Å². The number of aryl methyl sites for hydroxylation is 1. The number of anilines is 3. The van der Waals surface area contributed by atoms with Crippen molar-refractivity contribution in [1.29, 1.82) is 5.26 Å². The summed E-state index contributed by atoms with van der Waals surface area (Å²) in [5, 5.41) is 35.2. The number of amides is 4. The fourth-order valence-electron chi connectivity index (χ4n) is 10.5. The van der Waals surface area contributed by atoms with Crippen LogP contribution in [0.3, 0.4) is 0 Å². The molecule has 2 saturated heterocycles. The van der Waals surface area contributed by atoms with Gasteiger partial charge in [-0.15, -0.1) is 10.2 Å². The number of aromatic nitrogens is 4. The number of imide groups is 1. The van der Waals surface area contributed by atoms with Crippen molar-refractivity contribution < 1.29 is 54.9 Å². The van der Waals surface area contributed by atoms with Crippen LogP contribution in [0.1, 0.15) is 80.5 Å². The number of carbonyl (C=O) groups excluding carboxylic acids is 4. The number of nitro benzene ring substituents is 1. The number of nitrogens with zero attached hydrogens (tertiary/aromatic N) is 9. The van der Waals surface area contributed by atoms with Gasteiger partial charge in [0.1, 0.15) is 36.9 Å². The molecule has 5 aromatic rings. The van der Waals surface area contributed by atoms with Crippen LogP contribution >= 0.6 is 0 Å². The number of hydrogen-bond donors (Lipinski definition) is 3. The molecule has 2 atom stereocenters. The summed E-state index contributed by atoms with van der Waals surface area (Å²) >= 11 is 0. The molecule has 9 rings (SSSR count). The molecule has 1 unspecified atom stereocenters. The van der Waals surface area contributed by atoms with Crippen molar-refractivity contribution in [2.45, 2.75) is 68.7 Å². The van der Waals surface area contributed by atoms with Crippen LogP contribution in [0.2, 0.25) is 0 Å². The van der Waals surface area contributed by atoms with Crippen LogP contribution in [0.4, 0.5) is 36.2 Å². The van der Waals surface area contributed by atoms with Crippen LogP contribution in [-0.4, -0.2) is 112 Å². The summed E-state index contributed by atoms with van der Waals surface area (Å²) in [6, 6.07) is 17.4. The average Bonchev–Trinajstić information content (AvgIpc) is 4.08. The Hall–Kier alpha value is -8.08. The molecule has 0 bridgehead atoms. The van der Waals surface area contributed by atoms with Gasteiger partial charge in [0.05, 0.1) is 55.8 Å². The maximum Gasteiger partial charge on any atom is 0.416 e. The number of likely N-dealkylation sites (tertiary alicyclic amines) is 1. The van der Waals surface area contributed by atoms with E-state index < -0.39 is 66.3 Å². The molecule has 2 fully saturated rings. The first-order chi connectivity index (χ1) is 36.2. The topological polar surface area (TPSA) is 265 Å². The molecule has 0 saturated carbocycles. The molecule has 396 valence electrons. The third kappa shape index (κ3) is 11.0. The Balaban J connectivity index is 0.942. The zero-order chi connectivity index (χ0) is 54.2. The molecular weight excluding hydrogens is 1010 g/mol. The molecule has 6 heterocycles. The minimum atomic E-state index is -4.82. The van der Waals surface area contributed by atoms with E-state index in [1.54, 1.807) is 41.2 Å². The Labute approximate surface area is 434 Å². The second-order valence-electron chi connectivity index (χ2n) is 19.8. The van der Waals surface area contributed by atoms with Gasteiger partial charge < -0.3 is 24.4 Å². The first kappa shape index (κ1) is 52.8. The van der Waals surface area contributed by atoms with E-state index in [-0.39, 0.29) is 73.3 Å². The Morgan fingerprint density at radius 2 is 1.75 bits per heavy atom. The third-order valence-corrected chi connectivity index (χ3v) is 15.6. The van der Waals surface area contributed by atoms with Crippen molar-refractivity contribution in [3.05, 3.63) is 140 Å². The van der Waals surface area contributed by atoms with Gasteiger partial charge in [0.2, 0.25) is 0 Å². The lowest BCUT2D eigenvalue weighted by Crippen LogP contribution is -2.52. The number of carbonyl (C=O) groups is 4. The number of rotatable bonds is 19. The van der Waals surface area contributed by atoms with E-state index in [9.17, 15) is 43.0 Å². The Morgan fingerprint density at radius 1 is 1.01 bits per heavy atom. The summed E-state index contributed by atoms with van der Waals surface area (Å²) in [7, 11) is -2.80. The smallest absolute Gasteiger partial charge is 0.379 e. The third-order valence-electron chi connectivity index (χ3n) is 14.2. The van der Waals surface area contributed by atoms with Gasteiger partial charge in [-0.3, -0.25) is 43.8 Å². The highest BCUT2D eigenvalue weighted by atomic mass is 32.2. The number of ether oxygens (including phenoxy) is 1. The Morgan fingerprint density at radius 3 is 2.39 bits per heavy atom. The van der Waals surface area contributed by atoms with Crippen LogP contribution < -0.4 is 20.3 Å². The van der Waals surface area contributed by atoms with Crippen LogP contribution in [-0.2, 0) is 69.0 Å². The van der Waals surface area contributed by atoms with Crippen molar-refractivity contribution >= 4 is 56.7 Å². The monoisotopic (exact) mass is 1070 g/mol. The molecule has 76 heavy (non-hydrogen) atoms. The minimum Gasteiger partial charge on any atom is -0.379 e. The summed E-state index contributed by atoms with van der Waals surface area (Å²) in [5.41, 5.74) is -1.08. The minimum absolute atomic E-state index is 0.0575. The first-order valence-corrected chi connectivity index (χ1v) is 25.8. The molecule has 4 aliphatic rings. The number of piperidine rings is 1. The van der Waals surface area contributed by atoms with Gasteiger partial charge in [-0.2, -0.15) is 18.4 Å². The van der Waals surface area contributed by atoms with Crippen LogP contribution in [0.25, 0.3) is 0 Å². The van der Waals surface area contributed by atoms with Crippen LogP contribution in [0.5, 0.6) is 0 Å². The lowest BCUT2D eigenvalue weighted by Gasteiger charge is -2.44. The second kappa shape index (κ2) is 20.9. The van der Waals surface area contributed by atoms with Gasteiger partial charge in [-0.05, 0) is 72.5 Å². The van der Waals surface area contributed by atoms with Crippen molar-refractivity contribution in [2.75, 3.05) is 60.9 Å². The van der Waals surface area contributed by atoms with E-state index in [0.29, 0.717) is 61.0 Å². The molecule has 4 amide bonds. The number of hydrogen-bond acceptors (Lipinski definition) is 14. The number of fused-ring (bicyclic) bond motifs is 1. The van der Waals surface area contributed by atoms with E-state index in [1.165, 1.54) is 17.0 Å². The largest absolute Gasteiger partial charge is 0.416 e. The molecule has 0 spiro atoms. The number of nitriles is 1. The Kier molecular flexibility index (Phi) is 14.5. The zero-order valence-corrected chi connectivity index (χ0v) is 42.1. The van der Waals surface area contributed by atoms with Gasteiger partial charge in [-0.1, -0.05) is 19.1 Å². The number of quaternary nitrogens is 1. The number of pyridine rings is 1. The fraction of sp³-hybridized carbons (Fsp3) is 0.373. The predicted molar refractivity (Wildman–Crippen MR) is 266 cm³/mol. The van der Waals surface area contributed by atoms with E-state index in [2.05, 4.69) is 38.5 Å². The highest BCUT2D eigenvalue weighted by Crippen LogP contribution is 2.43. The van der Waals surface area contributed by atoms with Gasteiger partial charge in [0, 0.05) is 90.6 Å². The number of halogens is 3. The van der Waals surface area contributed by atoms with E-state index in [4.69, 9.17) is 9.72 Å². The van der Waals surface area contributed by atoms with Crippen LogP contribution in [0, 0.1) is 27.4 Å². The summed E-state index contributed by atoms with van der Waals surface area (Å²) in [6.45, 7) is 3.89. The molecule has 0 aliphatic carbocycles. The Bertz CT molecular complexity index is 3320. The summed E-state index contributed by atoms with van der Waals surface area (Å²) < 4.78 is 83.2. The molecular formula is C51H52F3N12O9S+. The number of nitro groups is 1. The van der Waals surface area contributed by atoms with E-state index in [1.807, 2.05) is 7.05 Å². The maximum absolute atomic E-state index is 15.2. The highest BCUT2D eigenvalue weighted by Gasteiger charge is 2.45. The van der Waals surface area contributed by atoms with Crippen molar-refractivity contribution in [3.8, 4) is 6.07 Å². The second-order valence-corrected chi connectivity index (χ2v) is 21.4. The number of nitrogens with one attached hydrogen (secondary N) is 3. The van der Waals surface area contributed by atoms with Gasteiger partial charge in [0.25, 0.3) is 39.3 Å². The first-order valence-electron chi connectivity index (χ1n) is 24.3. The molecule has 0 radical (unpaired) electrons. The normalized spacial score (nSPS) is 19.1. The zero-order valence-electron chi connectivity index (χ0n) is 41.3. The molecule has 2 aromatic heterocycles. The van der Waals surface area contributed by atoms with Crippen molar-refractivity contribution in [1.82, 2.24) is 30.0 Å². The predicted octanol–water partition coefficient (Wildman–Crippen LogP) is 5.54. The van der Waals surface area contributed by atoms with Crippen molar-refractivity contribution in [2.24, 2.45) is 13.0 Å². The van der Waals surface area contributed by atoms with E-state index >= 15 is 13.2 Å². The highest BCUT2D eigenvalue weighted by molar-refractivity contribution is 7.92. The number of benzene rings is 3. The molecule has 4 aliphatic heterocycles. The van der Waals surface area contributed by atoms with Gasteiger partial charge in [0.15, 0.2) is 4.90 Å². The van der Waals surface area contributed by atoms with E-state index in [0.717, 1.165) is 65.3 Å². The van der Waals surface area contributed by atoms with Crippen LogP contribution in [0.15, 0.2) is 90.1 Å². The maximum atomic E-state index is 15.2. The van der Waals surface area contributed by atoms with Crippen molar-refractivity contribution in [3.63, 3.8) is 0 Å². The summed E-state index contributed by atoms with van der Waals surface area (Å²) in [5.74, 6) is -1.22. The fourth-order valence-corrected chi connectivity index (χ4v) is 11.7. The average molecular weight is 1070 g/mol.